The van der Waals surface area contributed by atoms with Crippen molar-refractivity contribution in [3.8, 4) is 11.5 Å². The second kappa shape index (κ2) is 5.34. The minimum Gasteiger partial charge on any atom is -0.454 e. The highest BCUT2D eigenvalue weighted by Crippen LogP contribution is 2.42. The van der Waals surface area contributed by atoms with E-state index < -0.39 is 6.10 Å². The molecule has 2 aromatic carbocycles. The third kappa shape index (κ3) is 2.42. The molecule has 0 spiro atoms. The monoisotopic (exact) mass is 330 g/mol. The van der Waals surface area contributed by atoms with Crippen molar-refractivity contribution in [3.63, 3.8) is 0 Å². The van der Waals surface area contributed by atoms with Crippen LogP contribution in [0.5, 0.6) is 11.5 Å². The van der Waals surface area contributed by atoms with Gasteiger partial charge in [0.25, 0.3) is 0 Å². The van der Waals surface area contributed by atoms with E-state index in [0.29, 0.717) is 37.7 Å². The molecule has 3 rings (SSSR count). The van der Waals surface area contributed by atoms with E-state index in [2.05, 4.69) is 0 Å². The Morgan fingerprint density at radius 2 is 1.65 bits per heavy atom. The van der Waals surface area contributed by atoms with Gasteiger partial charge in [0.1, 0.15) is 6.10 Å². The van der Waals surface area contributed by atoms with Crippen LogP contribution in [0.4, 0.5) is 0 Å². The molecule has 1 aliphatic heterocycles. The van der Waals surface area contributed by atoms with Gasteiger partial charge in [-0.2, -0.15) is 0 Å². The summed E-state index contributed by atoms with van der Waals surface area (Å²) in [5.41, 5.74) is 1.21. The normalized spacial score (nSPS) is 14.4. The molecule has 0 saturated heterocycles. The van der Waals surface area contributed by atoms with Crippen LogP contribution in [0, 0.1) is 0 Å². The van der Waals surface area contributed by atoms with Crippen LogP contribution in [-0.2, 0) is 0 Å². The zero-order valence-electron chi connectivity index (χ0n) is 10.1. The van der Waals surface area contributed by atoms with Crippen LogP contribution in [0.25, 0.3) is 0 Å². The summed E-state index contributed by atoms with van der Waals surface area (Å²) in [5, 5.41) is 11.6. The van der Waals surface area contributed by atoms with Crippen molar-refractivity contribution < 1.29 is 14.6 Å². The van der Waals surface area contributed by atoms with E-state index in [9.17, 15) is 5.11 Å². The maximum atomic E-state index is 10.4. The molecule has 0 radical (unpaired) electrons. The lowest BCUT2D eigenvalue weighted by atomic mass is 10.0. The first-order valence-corrected chi connectivity index (χ1v) is 6.91. The van der Waals surface area contributed by atoms with Crippen molar-refractivity contribution >= 4 is 34.8 Å². The molecule has 6 heteroatoms. The van der Waals surface area contributed by atoms with E-state index in [1.54, 1.807) is 30.3 Å². The molecule has 0 bridgehead atoms. The fourth-order valence-electron chi connectivity index (χ4n) is 2.02. The average Bonchev–Trinajstić information content (AvgIpc) is 2.90. The summed E-state index contributed by atoms with van der Waals surface area (Å²) in [6, 6.07) is 8.30. The highest BCUT2D eigenvalue weighted by atomic mass is 35.5. The minimum atomic E-state index is -0.878. The van der Waals surface area contributed by atoms with Crippen LogP contribution in [-0.4, -0.2) is 11.9 Å². The molecule has 1 N–H and O–H groups in total. The lowest BCUT2D eigenvalue weighted by molar-refractivity contribution is 0.173. The van der Waals surface area contributed by atoms with Gasteiger partial charge in [-0.1, -0.05) is 40.9 Å². The smallest absolute Gasteiger partial charge is 0.231 e. The molecule has 1 heterocycles. The van der Waals surface area contributed by atoms with Crippen LogP contribution in [0.15, 0.2) is 30.3 Å². The van der Waals surface area contributed by atoms with E-state index in [0.717, 1.165) is 0 Å². The van der Waals surface area contributed by atoms with E-state index in [1.807, 2.05) is 0 Å². The fraction of sp³-hybridized carbons (Fsp3) is 0.143. The molecule has 1 aliphatic rings. The summed E-state index contributed by atoms with van der Waals surface area (Å²) in [6.45, 7) is 0.126. The van der Waals surface area contributed by atoms with E-state index >= 15 is 0 Å². The Balaban J connectivity index is 2.00. The molecular weight excluding hydrogens is 323 g/mol. The Morgan fingerprint density at radius 1 is 0.900 bits per heavy atom. The summed E-state index contributed by atoms with van der Waals surface area (Å²) >= 11 is 17.9. The van der Waals surface area contributed by atoms with E-state index in [1.165, 1.54) is 0 Å². The van der Waals surface area contributed by atoms with Gasteiger partial charge < -0.3 is 14.6 Å². The fourth-order valence-corrected chi connectivity index (χ4v) is 2.60. The molecule has 0 fully saturated rings. The Kier molecular flexibility index (Phi) is 3.69. The first-order valence-electron chi connectivity index (χ1n) is 5.78. The summed E-state index contributed by atoms with van der Waals surface area (Å²) in [5.74, 6) is 1.02. The predicted molar refractivity (Wildman–Crippen MR) is 78.1 cm³/mol. The maximum Gasteiger partial charge on any atom is 0.231 e. The van der Waals surface area contributed by atoms with Crippen molar-refractivity contribution in [2.75, 3.05) is 6.79 Å². The molecule has 0 aromatic heterocycles. The Labute approximate surface area is 130 Å². The lowest BCUT2D eigenvalue weighted by Crippen LogP contribution is -2.00. The summed E-state index contributed by atoms with van der Waals surface area (Å²) < 4.78 is 10.5. The van der Waals surface area contributed by atoms with Gasteiger partial charge in [0, 0.05) is 0 Å². The number of halogens is 3. The Morgan fingerprint density at radius 3 is 2.40 bits per heavy atom. The molecule has 0 saturated carbocycles. The van der Waals surface area contributed by atoms with Crippen molar-refractivity contribution in [3.05, 3.63) is 56.5 Å². The van der Waals surface area contributed by atoms with Crippen molar-refractivity contribution in [2.45, 2.75) is 6.10 Å². The highest BCUT2D eigenvalue weighted by molar-refractivity contribution is 6.42. The summed E-state index contributed by atoms with van der Waals surface area (Å²) in [7, 11) is 0. The van der Waals surface area contributed by atoms with Crippen LogP contribution in [0.3, 0.4) is 0 Å². The summed E-state index contributed by atoms with van der Waals surface area (Å²) in [4.78, 5) is 0. The predicted octanol–water partition coefficient (Wildman–Crippen LogP) is 4.46. The highest BCUT2D eigenvalue weighted by Gasteiger charge is 2.21. The Hall–Kier alpha value is -1.13. The Bertz CT molecular complexity index is 673. The van der Waals surface area contributed by atoms with Crippen LogP contribution >= 0.6 is 34.8 Å². The van der Waals surface area contributed by atoms with Gasteiger partial charge in [0.15, 0.2) is 11.5 Å². The van der Waals surface area contributed by atoms with Crippen LogP contribution < -0.4 is 9.47 Å². The van der Waals surface area contributed by atoms with E-state index in [-0.39, 0.29) is 6.79 Å². The van der Waals surface area contributed by atoms with Crippen molar-refractivity contribution in [1.29, 1.82) is 0 Å². The van der Waals surface area contributed by atoms with Gasteiger partial charge in [-0.3, -0.25) is 0 Å². The minimum absolute atomic E-state index is 0.126. The van der Waals surface area contributed by atoms with Crippen molar-refractivity contribution in [1.82, 2.24) is 0 Å². The molecular formula is C14H9Cl3O3. The van der Waals surface area contributed by atoms with Crippen molar-refractivity contribution in [2.24, 2.45) is 0 Å². The number of aliphatic hydroxyl groups is 1. The molecule has 1 unspecified atom stereocenters. The maximum absolute atomic E-state index is 10.4. The number of benzene rings is 2. The SMILES string of the molecule is OC(c1ccc(Cl)c(Cl)c1)c1cc(Cl)c2c(c1)OCO2. The third-order valence-corrected chi connectivity index (χ3v) is 4.04. The molecule has 3 nitrogen and oxygen atoms in total. The number of rotatable bonds is 2. The topological polar surface area (TPSA) is 38.7 Å². The molecule has 0 amide bonds. The summed E-state index contributed by atoms with van der Waals surface area (Å²) in [6.07, 6.45) is -0.878. The molecule has 20 heavy (non-hydrogen) atoms. The molecule has 1 atom stereocenters. The van der Waals surface area contributed by atoms with Crippen LogP contribution in [0.2, 0.25) is 15.1 Å². The second-order valence-corrected chi connectivity index (χ2v) is 5.53. The largest absolute Gasteiger partial charge is 0.454 e. The average molecular weight is 332 g/mol. The number of fused-ring (bicyclic) bond motifs is 1. The van der Waals surface area contributed by atoms with Gasteiger partial charge in [-0.15, -0.1) is 0 Å². The first-order chi connectivity index (χ1) is 9.56. The number of aliphatic hydroxyl groups excluding tert-OH is 1. The second-order valence-electron chi connectivity index (χ2n) is 4.31. The molecule has 104 valence electrons. The van der Waals surface area contributed by atoms with Gasteiger partial charge in [-0.25, -0.2) is 0 Å². The van der Waals surface area contributed by atoms with Gasteiger partial charge in [0.2, 0.25) is 6.79 Å². The van der Waals surface area contributed by atoms with E-state index in [4.69, 9.17) is 44.3 Å². The molecule has 0 aliphatic carbocycles. The standard InChI is InChI=1S/C14H9Cl3O3/c15-9-2-1-7(3-10(9)16)13(18)8-4-11(17)14-12(5-8)19-6-20-14/h1-5,13,18H,6H2. The van der Waals surface area contributed by atoms with Crippen LogP contribution in [0.1, 0.15) is 17.2 Å². The third-order valence-electron chi connectivity index (χ3n) is 3.02. The van der Waals surface area contributed by atoms with Gasteiger partial charge in [-0.05, 0) is 35.4 Å². The van der Waals surface area contributed by atoms with Gasteiger partial charge >= 0.3 is 0 Å². The number of hydrogen-bond acceptors (Lipinski definition) is 3. The lowest BCUT2D eigenvalue weighted by Gasteiger charge is -2.13. The van der Waals surface area contributed by atoms with Gasteiger partial charge in [0.05, 0.1) is 15.1 Å². The zero-order chi connectivity index (χ0) is 14.3. The quantitative estimate of drug-likeness (QED) is 0.883. The first kappa shape index (κ1) is 13.8. The number of ether oxygens (including phenoxy) is 2. The molecule has 2 aromatic rings. The zero-order valence-corrected chi connectivity index (χ0v) is 12.3. The number of hydrogen-bond donors (Lipinski definition) is 1.